The second-order valence-electron chi connectivity index (χ2n) is 5.56. The summed E-state index contributed by atoms with van der Waals surface area (Å²) in [5.41, 5.74) is 10.3. The summed E-state index contributed by atoms with van der Waals surface area (Å²) in [6, 6.07) is 10.4. The molecule has 0 saturated heterocycles. The first kappa shape index (κ1) is 15.6. The molecule has 2 aromatic rings. The van der Waals surface area contributed by atoms with Crippen LogP contribution in [0.15, 0.2) is 30.3 Å². The van der Waals surface area contributed by atoms with Gasteiger partial charge in [-0.25, -0.2) is 0 Å². The maximum Gasteiger partial charge on any atom is 0.0625 e. The van der Waals surface area contributed by atoms with Gasteiger partial charge in [0.05, 0.1) is 11.4 Å². The Morgan fingerprint density at radius 3 is 2.43 bits per heavy atom. The summed E-state index contributed by atoms with van der Waals surface area (Å²) in [4.78, 5) is 2.46. The van der Waals surface area contributed by atoms with Crippen LogP contribution in [0.4, 0.5) is 5.69 Å². The number of hydrogen-bond acceptors (Lipinski definition) is 3. The van der Waals surface area contributed by atoms with Gasteiger partial charge in [-0.05, 0) is 43.1 Å². The Labute approximate surface area is 127 Å². The standard InChI is InChI=1S/C17H26N4/c1-4-10-21(12-14-6-8-15(18)9-7-14)13-17-11-16(5-2)19-20(17)3/h6-9,11H,4-5,10,12-13,18H2,1-3H3. The number of benzene rings is 1. The van der Waals surface area contributed by atoms with Gasteiger partial charge in [-0.3, -0.25) is 9.58 Å². The van der Waals surface area contributed by atoms with Crippen LogP contribution in [0.5, 0.6) is 0 Å². The molecule has 0 amide bonds. The molecule has 1 aromatic carbocycles. The third kappa shape index (κ3) is 4.33. The number of aromatic nitrogens is 2. The number of anilines is 1. The number of nitrogens with zero attached hydrogens (tertiary/aromatic N) is 3. The minimum absolute atomic E-state index is 0.819. The Balaban J connectivity index is 2.07. The number of nitrogens with two attached hydrogens (primary N) is 1. The molecule has 4 heteroatoms. The Hall–Kier alpha value is -1.81. The molecule has 2 rings (SSSR count). The van der Waals surface area contributed by atoms with Gasteiger partial charge < -0.3 is 5.73 Å². The number of nitrogen functional groups attached to an aromatic ring is 1. The van der Waals surface area contributed by atoms with Gasteiger partial charge in [-0.15, -0.1) is 0 Å². The van der Waals surface area contributed by atoms with Gasteiger partial charge >= 0.3 is 0 Å². The minimum atomic E-state index is 0.819. The molecule has 1 heterocycles. The lowest BCUT2D eigenvalue weighted by molar-refractivity contribution is 0.250. The van der Waals surface area contributed by atoms with Gasteiger partial charge in [0.25, 0.3) is 0 Å². The second-order valence-corrected chi connectivity index (χ2v) is 5.56. The third-order valence-corrected chi connectivity index (χ3v) is 3.70. The predicted octanol–water partition coefficient (Wildman–Crippen LogP) is 2.98. The van der Waals surface area contributed by atoms with Gasteiger partial charge in [-0.1, -0.05) is 26.0 Å². The highest BCUT2D eigenvalue weighted by Crippen LogP contribution is 2.13. The van der Waals surface area contributed by atoms with E-state index >= 15 is 0 Å². The molecule has 0 aliphatic heterocycles. The summed E-state index contributed by atoms with van der Waals surface area (Å²) in [5, 5.41) is 4.53. The van der Waals surface area contributed by atoms with Gasteiger partial charge in [0.2, 0.25) is 0 Å². The van der Waals surface area contributed by atoms with Crippen molar-refractivity contribution in [1.82, 2.24) is 14.7 Å². The molecule has 1 aromatic heterocycles. The lowest BCUT2D eigenvalue weighted by Gasteiger charge is -2.21. The Kier molecular flexibility index (Phi) is 5.39. The summed E-state index contributed by atoms with van der Waals surface area (Å²) in [6.45, 7) is 7.32. The van der Waals surface area contributed by atoms with Crippen LogP contribution in [0.3, 0.4) is 0 Å². The van der Waals surface area contributed by atoms with E-state index in [1.54, 1.807) is 0 Å². The molecule has 0 aliphatic carbocycles. The topological polar surface area (TPSA) is 47.1 Å². The predicted molar refractivity (Wildman–Crippen MR) is 87.8 cm³/mol. The van der Waals surface area contributed by atoms with E-state index in [0.717, 1.165) is 43.9 Å². The smallest absolute Gasteiger partial charge is 0.0625 e. The third-order valence-electron chi connectivity index (χ3n) is 3.70. The number of hydrogen-bond donors (Lipinski definition) is 1. The summed E-state index contributed by atoms with van der Waals surface area (Å²) in [6.07, 6.45) is 2.13. The van der Waals surface area contributed by atoms with Gasteiger partial charge in [0, 0.05) is 25.8 Å². The fraction of sp³-hybridized carbons (Fsp3) is 0.471. The zero-order valence-electron chi connectivity index (χ0n) is 13.3. The van der Waals surface area contributed by atoms with Gasteiger partial charge in [0.1, 0.15) is 0 Å². The van der Waals surface area contributed by atoms with Crippen LogP contribution < -0.4 is 5.73 Å². The van der Waals surface area contributed by atoms with Crippen molar-refractivity contribution in [3.63, 3.8) is 0 Å². The molecule has 0 atom stereocenters. The maximum absolute atomic E-state index is 5.75. The summed E-state index contributed by atoms with van der Waals surface area (Å²) in [5.74, 6) is 0. The first-order chi connectivity index (χ1) is 10.1. The van der Waals surface area contributed by atoms with E-state index in [1.807, 2.05) is 23.9 Å². The lowest BCUT2D eigenvalue weighted by atomic mass is 10.2. The fourth-order valence-electron chi connectivity index (χ4n) is 2.53. The maximum atomic E-state index is 5.75. The molecule has 0 fully saturated rings. The van der Waals surface area contributed by atoms with E-state index < -0.39 is 0 Å². The molecule has 2 N–H and O–H groups in total. The van der Waals surface area contributed by atoms with Crippen molar-refractivity contribution in [1.29, 1.82) is 0 Å². The molecule has 0 bridgehead atoms. The highest BCUT2D eigenvalue weighted by atomic mass is 15.3. The minimum Gasteiger partial charge on any atom is -0.399 e. The van der Waals surface area contributed by atoms with Crippen LogP contribution in [0.25, 0.3) is 0 Å². The summed E-state index contributed by atoms with van der Waals surface area (Å²) < 4.78 is 2.00. The zero-order valence-corrected chi connectivity index (χ0v) is 13.3. The van der Waals surface area contributed by atoms with E-state index in [1.165, 1.54) is 11.3 Å². The molecule has 0 spiro atoms. The fourth-order valence-corrected chi connectivity index (χ4v) is 2.53. The molecule has 114 valence electrons. The normalized spacial score (nSPS) is 11.2. The highest BCUT2D eigenvalue weighted by molar-refractivity contribution is 5.39. The van der Waals surface area contributed by atoms with Gasteiger partial charge in [0.15, 0.2) is 0 Å². The molecular formula is C17H26N4. The summed E-state index contributed by atoms with van der Waals surface area (Å²) >= 11 is 0. The average molecular weight is 286 g/mol. The lowest BCUT2D eigenvalue weighted by Crippen LogP contribution is -2.24. The Morgan fingerprint density at radius 1 is 1.14 bits per heavy atom. The zero-order chi connectivity index (χ0) is 15.2. The van der Waals surface area contributed by atoms with Crippen molar-refractivity contribution in [2.75, 3.05) is 12.3 Å². The SMILES string of the molecule is CCCN(Cc1ccc(N)cc1)Cc1cc(CC)nn1C. The number of aryl methyl sites for hydroxylation is 2. The van der Waals surface area contributed by atoms with Crippen LogP contribution in [-0.4, -0.2) is 21.2 Å². The van der Waals surface area contributed by atoms with Crippen LogP contribution in [0, 0.1) is 0 Å². The molecule has 0 radical (unpaired) electrons. The van der Waals surface area contributed by atoms with E-state index in [9.17, 15) is 0 Å². The van der Waals surface area contributed by atoms with E-state index in [0.29, 0.717) is 0 Å². The molecular weight excluding hydrogens is 260 g/mol. The molecule has 0 aliphatic rings. The van der Waals surface area contributed by atoms with Crippen LogP contribution in [0.1, 0.15) is 37.2 Å². The second kappa shape index (κ2) is 7.27. The Morgan fingerprint density at radius 2 is 1.86 bits per heavy atom. The summed E-state index contributed by atoms with van der Waals surface area (Å²) in [7, 11) is 2.03. The van der Waals surface area contributed by atoms with Gasteiger partial charge in [-0.2, -0.15) is 5.10 Å². The molecule has 0 unspecified atom stereocenters. The van der Waals surface area contributed by atoms with Crippen molar-refractivity contribution >= 4 is 5.69 Å². The first-order valence-electron chi connectivity index (χ1n) is 7.71. The van der Waals surface area contributed by atoms with Crippen molar-refractivity contribution in [2.45, 2.75) is 39.8 Å². The van der Waals surface area contributed by atoms with E-state index in [2.05, 4.69) is 42.0 Å². The molecule has 0 saturated carbocycles. The molecule has 21 heavy (non-hydrogen) atoms. The van der Waals surface area contributed by atoms with Crippen molar-refractivity contribution in [3.05, 3.63) is 47.3 Å². The quantitative estimate of drug-likeness (QED) is 0.796. The van der Waals surface area contributed by atoms with E-state index in [4.69, 9.17) is 5.73 Å². The van der Waals surface area contributed by atoms with Crippen LogP contribution in [0.2, 0.25) is 0 Å². The van der Waals surface area contributed by atoms with Crippen molar-refractivity contribution in [3.8, 4) is 0 Å². The Bertz CT molecular complexity index is 557. The monoisotopic (exact) mass is 286 g/mol. The average Bonchev–Trinajstić information content (AvgIpc) is 2.82. The van der Waals surface area contributed by atoms with Crippen molar-refractivity contribution < 1.29 is 0 Å². The van der Waals surface area contributed by atoms with E-state index in [-0.39, 0.29) is 0 Å². The highest BCUT2D eigenvalue weighted by Gasteiger charge is 2.10. The van der Waals surface area contributed by atoms with Crippen molar-refractivity contribution in [2.24, 2.45) is 7.05 Å². The van der Waals surface area contributed by atoms with Crippen LogP contribution >= 0.6 is 0 Å². The largest absolute Gasteiger partial charge is 0.399 e. The first-order valence-corrected chi connectivity index (χ1v) is 7.71. The van der Waals surface area contributed by atoms with Crippen LogP contribution in [-0.2, 0) is 26.6 Å². The number of rotatable bonds is 7. The molecule has 4 nitrogen and oxygen atoms in total.